The Morgan fingerprint density at radius 1 is 0.465 bits per heavy atom. The van der Waals surface area contributed by atoms with Gasteiger partial charge in [-0.25, -0.2) is 0 Å². The molecule has 9 heteroatoms. The average molecular weight is 578 g/mol. The van der Waals surface area contributed by atoms with E-state index < -0.39 is 0 Å². The Labute approximate surface area is 257 Å². The molecule has 0 amide bonds. The van der Waals surface area contributed by atoms with Gasteiger partial charge in [-0.3, -0.25) is 0 Å². The molecule has 6 N–H and O–H groups in total. The van der Waals surface area contributed by atoms with Crippen molar-refractivity contribution >= 4 is 35.7 Å². The molecule has 4 aromatic carbocycles. The number of benzene rings is 4. The van der Waals surface area contributed by atoms with E-state index in [0.717, 1.165) is 59.2 Å². The minimum Gasteiger partial charge on any atom is -0.426 e. The third-order valence-electron chi connectivity index (χ3n) is 7.08. The van der Waals surface area contributed by atoms with Crippen LogP contribution in [0.25, 0.3) is 0 Å². The highest BCUT2D eigenvalue weighted by Crippen LogP contribution is 2.07. The van der Waals surface area contributed by atoms with Crippen molar-refractivity contribution in [1.82, 2.24) is 10.6 Å². The molecule has 0 unspecified atom stereocenters. The van der Waals surface area contributed by atoms with E-state index in [1.165, 1.54) is 0 Å². The van der Waals surface area contributed by atoms with Crippen LogP contribution in [0.1, 0.15) is 11.1 Å². The molecule has 0 aliphatic heterocycles. The van der Waals surface area contributed by atoms with Crippen molar-refractivity contribution in [2.75, 3.05) is 52.5 Å². The van der Waals surface area contributed by atoms with Crippen molar-refractivity contribution in [1.29, 1.82) is 0 Å². The van der Waals surface area contributed by atoms with Gasteiger partial charge in [-0.05, 0) is 33.0 Å². The van der Waals surface area contributed by atoms with Gasteiger partial charge in [0.1, 0.15) is 0 Å². The number of hydrogen-bond donors (Lipinski definition) is 4. The Bertz CT molecular complexity index is 1180. The van der Waals surface area contributed by atoms with E-state index in [4.69, 9.17) is 25.5 Å². The Kier molecular flexibility index (Phi) is 14.5. The molecular formula is C34H44B2N4O3. The SMILES string of the molecule is NCCNCCOB(c1ccccc1)c1ccc(COCc2ccc(B(OCCNCCN)c3ccccc3)cc2)cc1. The fourth-order valence-electron chi connectivity index (χ4n) is 4.84. The zero-order valence-corrected chi connectivity index (χ0v) is 25.0. The second kappa shape index (κ2) is 19.1. The van der Waals surface area contributed by atoms with Gasteiger partial charge in [0, 0.05) is 52.5 Å². The van der Waals surface area contributed by atoms with Crippen LogP contribution < -0.4 is 44.0 Å². The van der Waals surface area contributed by atoms with Crippen LogP contribution in [-0.4, -0.2) is 66.3 Å². The number of nitrogens with two attached hydrogens (primary N) is 2. The van der Waals surface area contributed by atoms with Gasteiger partial charge in [0.25, 0.3) is 0 Å². The van der Waals surface area contributed by atoms with Gasteiger partial charge in [0.2, 0.25) is 0 Å². The van der Waals surface area contributed by atoms with Crippen molar-refractivity contribution < 1.29 is 14.0 Å². The third kappa shape index (κ3) is 11.1. The smallest absolute Gasteiger partial charge is 0.361 e. The molecule has 0 bridgehead atoms. The largest absolute Gasteiger partial charge is 0.426 e. The summed E-state index contributed by atoms with van der Waals surface area (Å²) in [5.74, 6) is 0. The fourth-order valence-corrected chi connectivity index (χ4v) is 4.84. The van der Waals surface area contributed by atoms with Crippen LogP contribution in [-0.2, 0) is 27.3 Å². The zero-order valence-electron chi connectivity index (χ0n) is 25.0. The number of nitrogens with one attached hydrogen (secondary N) is 2. The van der Waals surface area contributed by atoms with Crippen LogP contribution in [0.15, 0.2) is 109 Å². The van der Waals surface area contributed by atoms with Crippen molar-refractivity contribution in [2.24, 2.45) is 11.5 Å². The van der Waals surface area contributed by atoms with Gasteiger partial charge in [0.05, 0.1) is 13.2 Å². The quantitative estimate of drug-likeness (QED) is 0.0907. The normalized spacial score (nSPS) is 11.0. The van der Waals surface area contributed by atoms with Crippen LogP contribution >= 0.6 is 0 Å². The second-order valence-corrected chi connectivity index (χ2v) is 10.4. The Morgan fingerprint density at radius 3 is 1.21 bits per heavy atom. The van der Waals surface area contributed by atoms with Crippen LogP contribution in [0.5, 0.6) is 0 Å². The number of rotatable bonds is 20. The van der Waals surface area contributed by atoms with Crippen LogP contribution in [0.2, 0.25) is 0 Å². The molecule has 0 radical (unpaired) electrons. The lowest BCUT2D eigenvalue weighted by Gasteiger charge is -2.17. The summed E-state index contributed by atoms with van der Waals surface area (Å²) in [5.41, 5.74) is 17.9. The molecule has 0 heterocycles. The first-order chi connectivity index (χ1) is 21.3. The lowest BCUT2D eigenvalue weighted by Crippen LogP contribution is -2.46. The van der Waals surface area contributed by atoms with Gasteiger partial charge in [-0.1, -0.05) is 109 Å². The molecule has 4 rings (SSSR count). The number of hydrogen-bond acceptors (Lipinski definition) is 7. The maximum atomic E-state index is 6.28. The molecule has 0 atom stereocenters. The summed E-state index contributed by atoms with van der Waals surface area (Å²) in [6, 6.07) is 37.7. The lowest BCUT2D eigenvalue weighted by atomic mass is 9.55. The topological polar surface area (TPSA) is 104 Å². The minimum atomic E-state index is -0.125. The molecule has 0 aliphatic rings. The van der Waals surface area contributed by atoms with E-state index in [2.05, 4.69) is 83.4 Å². The molecule has 224 valence electrons. The highest BCUT2D eigenvalue weighted by molar-refractivity contribution is 6.80. The van der Waals surface area contributed by atoms with E-state index in [-0.39, 0.29) is 13.8 Å². The molecule has 0 aromatic heterocycles. The van der Waals surface area contributed by atoms with Gasteiger partial charge in [0.15, 0.2) is 0 Å². The van der Waals surface area contributed by atoms with Gasteiger partial charge >= 0.3 is 13.8 Å². The second-order valence-electron chi connectivity index (χ2n) is 10.4. The van der Waals surface area contributed by atoms with Crippen LogP contribution in [0.4, 0.5) is 0 Å². The van der Waals surface area contributed by atoms with Gasteiger partial charge in [-0.15, -0.1) is 0 Å². The summed E-state index contributed by atoms with van der Waals surface area (Å²) in [7, 11) is 0. The minimum absolute atomic E-state index is 0.125. The molecule has 4 aromatic rings. The summed E-state index contributed by atoms with van der Waals surface area (Å²) in [6.07, 6.45) is 0. The summed E-state index contributed by atoms with van der Waals surface area (Å²) in [4.78, 5) is 0. The predicted molar refractivity (Wildman–Crippen MR) is 180 cm³/mol. The van der Waals surface area contributed by atoms with Gasteiger partial charge < -0.3 is 36.1 Å². The van der Waals surface area contributed by atoms with Crippen molar-refractivity contribution in [3.05, 3.63) is 120 Å². The van der Waals surface area contributed by atoms with E-state index >= 15 is 0 Å². The summed E-state index contributed by atoms with van der Waals surface area (Å²) in [6.45, 7) is 6.37. The fraction of sp³-hybridized carbons (Fsp3) is 0.294. The molecule has 43 heavy (non-hydrogen) atoms. The zero-order chi connectivity index (χ0) is 30.0. The Balaban J connectivity index is 1.30. The molecule has 0 spiro atoms. The summed E-state index contributed by atoms with van der Waals surface area (Å²) < 4.78 is 18.6. The third-order valence-corrected chi connectivity index (χ3v) is 7.08. The van der Waals surface area contributed by atoms with Crippen LogP contribution in [0.3, 0.4) is 0 Å². The summed E-state index contributed by atoms with van der Waals surface area (Å²) in [5, 5.41) is 6.58. The molecule has 0 fully saturated rings. The van der Waals surface area contributed by atoms with E-state index in [1.807, 2.05) is 36.4 Å². The highest BCUT2D eigenvalue weighted by Gasteiger charge is 2.22. The molecule has 0 aliphatic carbocycles. The Hall–Kier alpha value is -3.27. The molecule has 7 nitrogen and oxygen atoms in total. The molecular weight excluding hydrogens is 534 g/mol. The number of ether oxygens (including phenoxy) is 1. The maximum absolute atomic E-state index is 6.28. The van der Waals surface area contributed by atoms with Crippen molar-refractivity contribution in [3.63, 3.8) is 0 Å². The Morgan fingerprint density at radius 2 is 0.837 bits per heavy atom. The van der Waals surface area contributed by atoms with Gasteiger partial charge in [-0.2, -0.15) is 0 Å². The predicted octanol–water partition coefficient (Wildman–Crippen LogP) is 0.745. The van der Waals surface area contributed by atoms with E-state index in [0.29, 0.717) is 39.5 Å². The maximum Gasteiger partial charge on any atom is 0.361 e. The first kappa shape index (κ1) is 32.6. The van der Waals surface area contributed by atoms with Crippen molar-refractivity contribution in [3.8, 4) is 0 Å². The molecule has 0 saturated carbocycles. The highest BCUT2D eigenvalue weighted by atomic mass is 16.5. The van der Waals surface area contributed by atoms with Crippen LogP contribution in [0, 0.1) is 0 Å². The monoisotopic (exact) mass is 578 g/mol. The first-order valence-corrected chi connectivity index (χ1v) is 15.2. The first-order valence-electron chi connectivity index (χ1n) is 15.2. The summed E-state index contributed by atoms with van der Waals surface area (Å²) >= 11 is 0. The standard InChI is InChI=1S/C34H44B2N4O3/c37-19-21-39-23-25-42-35(31-7-3-1-4-8-31)33-15-11-29(12-16-33)27-41-28-30-13-17-34(18-14-30)36(32-9-5-2-6-10-32)43-26-24-40-22-20-38/h1-18,39-40H,19-28,37-38H2. The lowest BCUT2D eigenvalue weighted by molar-refractivity contribution is 0.107. The average Bonchev–Trinajstić information content (AvgIpc) is 3.06. The van der Waals surface area contributed by atoms with Crippen molar-refractivity contribution in [2.45, 2.75) is 13.2 Å². The molecule has 0 saturated heterocycles. The van der Waals surface area contributed by atoms with E-state index in [1.54, 1.807) is 0 Å². The van der Waals surface area contributed by atoms with E-state index in [9.17, 15) is 0 Å².